The molecule has 1 aliphatic rings. The van der Waals surface area contributed by atoms with Gasteiger partial charge in [0.25, 0.3) is 0 Å². The second kappa shape index (κ2) is 5.23. The fourth-order valence-electron chi connectivity index (χ4n) is 2.82. The molecule has 0 amide bonds. The van der Waals surface area contributed by atoms with Gasteiger partial charge in [0.2, 0.25) is 0 Å². The van der Waals surface area contributed by atoms with Gasteiger partial charge in [-0.1, -0.05) is 6.07 Å². The first kappa shape index (κ1) is 12.5. The molecule has 102 valence electrons. The maximum absolute atomic E-state index is 5.98. The Morgan fingerprint density at radius 2 is 2.26 bits per heavy atom. The van der Waals surface area contributed by atoms with E-state index in [9.17, 15) is 0 Å². The van der Waals surface area contributed by atoms with E-state index in [1.165, 1.54) is 16.5 Å². The average Bonchev–Trinajstić information content (AvgIpc) is 2.65. The van der Waals surface area contributed by atoms with Gasteiger partial charge in [0.15, 0.2) is 0 Å². The van der Waals surface area contributed by atoms with E-state index >= 15 is 0 Å². The molecule has 2 aromatic rings. The molecule has 19 heavy (non-hydrogen) atoms. The van der Waals surface area contributed by atoms with E-state index in [0.29, 0.717) is 0 Å². The molecule has 1 aliphatic heterocycles. The van der Waals surface area contributed by atoms with Crippen LogP contribution in [0.15, 0.2) is 24.4 Å². The number of hydrogen-bond acceptors (Lipinski definition) is 3. The van der Waals surface area contributed by atoms with Gasteiger partial charge in [-0.3, -0.25) is 0 Å². The van der Waals surface area contributed by atoms with Gasteiger partial charge >= 0.3 is 0 Å². The molecule has 0 aliphatic carbocycles. The van der Waals surface area contributed by atoms with E-state index < -0.39 is 0 Å². The number of methoxy groups -OCH3 is 1. The smallest absolute Gasteiger partial charge is 0.128 e. The molecule has 0 spiro atoms. The Morgan fingerprint density at radius 1 is 1.37 bits per heavy atom. The third kappa shape index (κ3) is 2.22. The SMILES string of the molecule is COc1cccc2c1c(C1CCNCCO1)cn2C. The number of aromatic nitrogens is 1. The van der Waals surface area contributed by atoms with Crippen molar-refractivity contribution >= 4 is 10.9 Å². The zero-order valence-corrected chi connectivity index (χ0v) is 11.5. The summed E-state index contributed by atoms with van der Waals surface area (Å²) < 4.78 is 13.6. The Morgan fingerprint density at radius 3 is 3.11 bits per heavy atom. The average molecular weight is 260 g/mol. The minimum atomic E-state index is 0.148. The minimum absolute atomic E-state index is 0.148. The zero-order valence-electron chi connectivity index (χ0n) is 11.5. The van der Waals surface area contributed by atoms with E-state index in [-0.39, 0.29) is 6.10 Å². The van der Waals surface area contributed by atoms with Crippen molar-refractivity contribution in [3.63, 3.8) is 0 Å². The van der Waals surface area contributed by atoms with Crippen molar-refractivity contribution in [1.29, 1.82) is 0 Å². The lowest BCUT2D eigenvalue weighted by atomic mass is 10.0. The van der Waals surface area contributed by atoms with Crippen molar-refractivity contribution in [2.45, 2.75) is 12.5 Å². The molecule has 2 heterocycles. The molecule has 1 aromatic heterocycles. The normalized spacial score (nSPS) is 20.4. The van der Waals surface area contributed by atoms with Gasteiger partial charge in [-0.25, -0.2) is 0 Å². The van der Waals surface area contributed by atoms with Gasteiger partial charge in [-0.15, -0.1) is 0 Å². The fraction of sp³-hybridized carbons (Fsp3) is 0.467. The van der Waals surface area contributed by atoms with Gasteiger partial charge in [0, 0.05) is 30.7 Å². The summed E-state index contributed by atoms with van der Waals surface area (Å²) >= 11 is 0. The van der Waals surface area contributed by atoms with E-state index in [1.807, 2.05) is 12.1 Å². The lowest BCUT2D eigenvalue weighted by Crippen LogP contribution is -2.16. The monoisotopic (exact) mass is 260 g/mol. The molecule has 1 aromatic carbocycles. The quantitative estimate of drug-likeness (QED) is 0.899. The number of ether oxygens (including phenoxy) is 2. The molecular weight excluding hydrogens is 240 g/mol. The van der Waals surface area contributed by atoms with Gasteiger partial charge in [-0.05, 0) is 25.1 Å². The summed E-state index contributed by atoms with van der Waals surface area (Å²) in [6.07, 6.45) is 3.32. The molecule has 0 saturated carbocycles. The van der Waals surface area contributed by atoms with Crippen molar-refractivity contribution < 1.29 is 9.47 Å². The Balaban J connectivity index is 2.11. The molecule has 4 nitrogen and oxygen atoms in total. The van der Waals surface area contributed by atoms with Gasteiger partial charge in [0.05, 0.1) is 25.3 Å². The number of benzene rings is 1. The first-order valence-corrected chi connectivity index (χ1v) is 6.75. The molecule has 1 fully saturated rings. The van der Waals surface area contributed by atoms with Crippen LogP contribution in [0.25, 0.3) is 10.9 Å². The third-order valence-corrected chi connectivity index (χ3v) is 3.75. The highest BCUT2D eigenvalue weighted by molar-refractivity contribution is 5.90. The van der Waals surface area contributed by atoms with Crippen LogP contribution >= 0.6 is 0 Å². The van der Waals surface area contributed by atoms with Crippen molar-refractivity contribution in [2.75, 3.05) is 26.8 Å². The number of aryl methyl sites for hydroxylation is 1. The second-order valence-corrected chi connectivity index (χ2v) is 4.95. The standard InChI is InChI=1S/C15H20N2O2/c1-17-10-11(13-6-7-16-8-9-19-13)15-12(17)4-3-5-14(15)18-2/h3-5,10,13,16H,6-9H2,1-2H3. The molecule has 1 unspecified atom stereocenters. The topological polar surface area (TPSA) is 35.4 Å². The molecular formula is C15H20N2O2. The summed E-state index contributed by atoms with van der Waals surface area (Å²) in [5, 5.41) is 4.55. The number of nitrogens with zero attached hydrogens (tertiary/aromatic N) is 1. The Labute approximate surface area is 113 Å². The lowest BCUT2D eigenvalue weighted by Gasteiger charge is -2.14. The van der Waals surface area contributed by atoms with E-state index in [1.54, 1.807) is 7.11 Å². The molecule has 1 saturated heterocycles. The lowest BCUT2D eigenvalue weighted by molar-refractivity contribution is 0.0652. The molecule has 1 N–H and O–H groups in total. The summed E-state index contributed by atoms with van der Waals surface area (Å²) in [6, 6.07) is 6.16. The third-order valence-electron chi connectivity index (χ3n) is 3.75. The first-order valence-electron chi connectivity index (χ1n) is 6.75. The summed E-state index contributed by atoms with van der Waals surface area (Å²) in [4.78, 5) is 0. The Bertz CT molecular complexity index is 569. The first-order chi connectivity index (χ1) is 9.31. The van der Waals surface area contributed by atoms with Gasteiger partial charge < -0.3 is 19.4 Å². The van der Waals surface area contributed by atoms with Crippen molar-refractivity contribution in [2.24, 2.45) is 7.05 Å². The van der Waals surface area contributed by atoms with E-state index in [2.05, 4.69) is 29.2 Å². The molecule has 4 heteroatoms. The summed E-state index contributed by atoms with van der Waals surface area (Å²) in [5.41, 5.74) is 2.42. The van der Waals surface area contributed by atoms with Crippen LogP contribution in [0.2, 0.25) is 0 Å². The fourth-order valence-corrected chi connectivity index (χ4v) is 2.82. The number of fused-ring (bicyclic) bond motifs is 1. The van der Waals surface area contributed by atoms with Gasteiger partial charge in [0.1, 0.15) is 5.75 Å². The minimum Gasteiger partial charge on any atom is -0.496 e. The maximum atomic E-state index is 5.98. The summed E-state index contributed by atoms with van der Waals surface area (Å²) in [7, 11) is 3.79. The summed E-state index contributed by atoms with van der Waals surface area (Å²) in [6.45, 7) is 2.69. The van der Waals surface area contributed by atoms with Crippen molar-refractivity contribution in [3.05, 3.63) is 30.0 Å². The maximum Gasteiger partial charge on any atom is 0.128 e. The zero-order chi connectivity index (χ0) is 13.2. The number of hydrogen-bond donors (Lipinski definition) is 1. The molecule has 3 rings (SSSR count). The van der Waals surface area contributed by atoms with Crippen LogP contribution < -0.4 is 10.1 Å². The van der Waals surface area contributed by atoms with Crippen LogP contribution in [-0.2, 0) is 11.8 Å². The number of nitrogens with one attached hydrogen (secondary N) is 1. The van der Waals surface area contributed by atoms with Gasteiger partial charge in [-0.2, -0.15) is 0 Å². The Hall–Kier alpha value is -1.52. The molecule has 1 atom stereocenters. The van der Waals surface area contributed by atoms with Crippen molar-refractivity contribution in [1.82, 2.24) is 9.88 Å². The van der Waals surface area contributed by atoms with Crippen LogP contribution in [-0.4, -0.2) is 31.4 Å². The van der Waals surface area contributed by atoms with E-state index in [0.717, 1.165) is 31.9 Å². The molecule has 0 bridgehead atoms. The highest BCUT2D eigenvalue weighted by atomic mass is 16.5. The predicted octanol–water partition coefficient (Wildman–Crippen LogP) is 2.24. The second-order valence-electron chi connectivity index (χ2n) is 4.95. The van der Waals surface area contributed by atoms with Crippen LogP contribution in [0.4, 0.5) is 0 Å². The molecule has 0 radical (unpaired) electrons. The largest absolute Gasteiger partial charge is 0.496 e. The van der Waals surface area contributed by atoms with Crippen LogP contribution in [0.5, 0.6) is 5.75 Å². The van der Waals surface area contributed by atoms with Crippen LogP contribution in [0, 0.1) is 0 Å². The Kier molecular flexibility index (Phi) is 3.44. The highest BCUT2D eigenvalue weighted by Crippen LogP contribution is 2.36. The predicted molar refractivity (Wildman–Crippen MR) is 75.7 cm³/mol. The van der Waals surface area contributed by atoms with Crippen LogP contribution in [0.3, 0.4) is 0 Å². The highest BCUT2D eigenvalue weighted by Gasteiger charge is 2.21. The summed E-state index contributed by atoms with van der Waals surface area (Å²) in [5.74, 6) is 0.925. The van der Waals surface area contributed by atoms with Crippen LogP contribution in [0.1, 0.15) is 18.1 Å². The van der Waals surface area contributed by atoms with E-state index in [4.69, 9.17) is 9.47 Å². The van der Waals surface area contributed by atoms with Crippen molar-refractivity contribution in [3.8, 4) is 5.75 Å². The number of rotatable bonds is 2.